The topological polar surface area (TPSA) is 104 Å². The van der Waals surface area contributed by atoms with Gasteiger partial charge in [0.05, 0.1) is 27.0 Å². The molecule has 9 nitrogen and oxygen atoms in total. The van der Waals surface area contributed by atoms with Crippen molar-refractivity contribution in [1.82, 2.24) is 9.78 Å². The Labute approximate surface area is 192 Å². The first-order valence-corrected chi connectivity index (χ1v) is 10.3. The lowest BCUT2D eigenvalue weighted by atomic mass is 10.2. The van der Waals surface area contributed by atoms with Crippen molar-refractivity contribution in [3.63, 3.8) is 0 Å². The second-order valence-electron chi connectivity index (χ2n) is 8.19. The van der Waals surface area contributed by atoms with Gasteiger partial charge in [0, 0.05) is 22.9 Å². The Morgan fingerprint density at radius 2 is 1.70 bits per heavy atom. The summed E-state index contributed by atoms with van der Waals surface area (Å²) in [4.78, 5) is 24.6. The SMILES string of the molecule is COc1cccc(Cn2nccc2NC(=O)c2ccc(NC(=O)OC(C)(C)C)cc2)c1OC. The number of anilines is 2. The van der Waals surface area contributed by atoms with Crippen molar-refractivity contribution in [2.45, 2.75) is 32.9 Å². The van der Waals surface area contributed by atoms with E-state index in [2.05, 4.69) is 15.7 Å². The molecule has 0 aliphatic rings. The number of carbonyl (C=O) groups excluding carboxylic acids is 2. The molecule has 0 atom stereocenters. The summed E-state index contributed by atoms with van der Waals surface area (Å²) in [6.45, 7) is 5.74. The van der Waals surface area contributed by atoms with Crippen LogP contribution in [0.25, 0.3) is 0 Å². The van der Waals surface area contributed by atoms with Crippen LogP contribution in [-0.4, -0.2) is 41.6 Å². The van der Waals surface area contributed by atoms with Gasteiger partial charge in [0.25, 0.3) is 5.91 Å². The molecule has 3 rings (SSSR count). The monoisotopic (exact) mass is 452 g/mol. The summed E-state index contributed by atoms with van der Waals surface area (Å²) in [7, 11) is 3.16. The van der Waals surface area contributed by atoms with Crippen molar-refractivity contribution in [1.29, 1.82) is 0 Å². The second kappa shape index (κ2) is 10.1. The summed E-state index contributed by atoms with van der Waals surface area (Å²) in [5.41, 5.74) is 1.21. The minimum absolute atomic E-state index is 0.307. The van der Waals surface area contributed by atoms with Gasteiger partial charge in [0.2, 0.25) is 0 Å². The summed E-state index contributed by atoms with van der Waals surface area (Å²) in [6.07, 6.45) is 1.05. The number of rotatable bonds is 7. The normalized spacial score (nSPS) is 10.9. The number of aromatic nitrogens is 2. The molecule has 9 heteroatoms. The van der Waals surface area contributed by atoms with Crippen LogP contribution in [0.3, 0.4) is 0 Å². The number of benzene rings is 2. The summed E-state index contributed by atoms with van der Waals surface area (Å²) in [5, 5.41) is 9.81. The van der Waals surface area contributed by atoms with Crippen molar-refractivity contribution < 1.29 is 23.8 Å². The van der Waals surface area contributed by atoms with Gasteiger partial charge in [-0.05, 0) is 51.1 Å². The molecule has 0 fully saturated rings. The number of nitrogens with zero attached hydrogens (tertiary/aromatic N) is 2. The van der Waals surface area contributed by atoms with Crippen LogP contribution >= 0.6 is 0 Å². The Morgan fingerprint density at radius 1 is 0.970 bits per heavy atom. The van der Waals surface area contributed by atoms with Crippen LogP contribution < -0.4 is 20.1 Å². The van der Waals surface area contributed by atoms with E-state index in [0.717, 1.165) is 5.56 Å². The quantitative estimate of drug-likeness (QED) is 0.545. The summed E-state index contributed by atoms with van der Waals surface area (Å²) < 4.78 is 17.7. The Balaban J connectivity index is 1.68. The van der Waals surface area contributed by atoms with Gasteiger partial charge < -0.3 is 19.5 Å². The molecule has 0 aliphatic heterocycles. The van der Waals surface area contributed by atoms with Gasteiger partial charge >= 0.3 is 6.09 Å². The zero-order valence-corrected chi connectivity index (χ0v) is 19.3. The zero-order chi connectivity index (χ0) is 24.0. The van der Waals surface area contributed by atoms with Crippen molar-refractivity contribution >= 4 is 23.5 Å². The minimum atomic E-state index is -0.595. The molecular weight excluding hydrogens is 424 g/mol. The third-order valence-electron chi connectivity index (χ3n) is 4.56. The predicted octanol–water partition coefficient (Wildman–Crippen LogP) is 4.55. The number of carbonyl (C=O) groups is 2. The molecule has 0 saturated heterocycles. The van der Waals surface area contributed by atoms with E-state index in [1.165, 1.54) is 0 Å². The average Bonchev–Trinajstić information content (AvgIpc) is 3.19. The zero-order valence-electron chi connectivity index (χ0n) is 19.3. The highest BCUT2D eigenvalue weighted by molar-refractivity contribution is 6.04. The standard InChI is InChI=1S/C24H28N4O5/c1-24(2,3)33-23(30)26-18-11-9-16(10-12-18)22(29)27-20-13-14-25-28(20)15-17-7-6-8-19(31-4)21(17)32-5/h6-14H,15H2,1-5H3,(H,26,30)(H,27,29). The molecule has 33 heavy (non-hydrogen) atoms. The van der Waals surface area contributed by atoms with Crippen LogP contribution in [0, 0.1) is 0 Å². The molecule has 2 aromatic carbocycles. The average molecular weight is 453 g/mol. The number of ether oxygens (including phenoxy) is 3. The van der Waals surface area contributed by atoms with Gasteiger partial charge in [-0.2, -0.15) is 5.10 Å². The highest BCUT2D eigenvalue weighted by atomic mass is 16.6. The Kier molecular flexibility index (Phi) is 7.22. The minimum Gasteiger partial charge on any atom is -0.493 e. The molecular formula is C24H28N4O5. The molecule has 0 saturated carbocycles. The maximum absolute atomic E-state index is 12.8. The van der Waals surface area contributed by atoms with Crippen molar-refractivity contribution in [3.05, 3.63) is 65.9 Å². The maximum atomic E-state index is 12.8. The molecule has 2 amide bonds. The molecule has 174 valence electrons. The largest absolute Gasteiger partial charge is 0.493 e. The number of hydrogen-bond donors (Lipinski definition) is 2. The molecule has 0 unspecified atom stereocenters. The van der Waals surface area contributed by atoms with Crippen LogP contribution in [0.5, 0.6) is 11.5 Å². The smallest absolute Gasteiger partial charge is 0.412 e. The fourth-order valence-corrected chi connectivity index (χ4v) is 3.12. The molecule has 0 bridgehead atoms. The van der Waals surface area contributed by atoms with E-state index >= 15 is 0 Å². The molecule has 3 aromatic rings. The van der Waals surface area contributed by atoms with Crippen LogP contribution in [0.4, 0.5) is 16.3 Å². The summed E-state index contributed by atoms with van der Waals surface area (Å²) in [5.74, 6) is 1.45. The molecule has 1 aromatic heterocycles. The lowest BCUT2D eigenvalue weighted by molar-refractivity contribution is 0.0636. The first-order chi connectivity index (χ1) is 15.7. The molecule has 0 aliphatic carbocycles. The number of nitrogens with one attached hydrogen (secondary N) is 2. The predicted molar refractivity (Wildman–Crippen MR) is 125 cm³/mol. The van der Waals surface area contributed by atoms with Gasteiger partial charge in [-0.25, -0.2) is 9.48 Å². The Hall–Kier alpha value is -4.01. The van der Waals surface area contributed by atoms with E-state index in [4.69, 9.17) is 14.2 Å². The molecule has 0 spiro atoms. The number of methoxy groups -OCH3 is 2. The van der Waals surface area contributed by atoms with Crippen LogP contribution in [0.15, 0.2) is 54.7 Å². The third kappa shape index (κ3) is 6.25. The summed E-state index contributed by atoms with van der Waals surface area (Å²) >= 11 is 0. The molecule has 1 heterocycles. The second-order valence-corrected chi connectivity index (χ2v) is 8.19. The van der Waals surface area contributed by atoms with Gasteiger partial charge in [-0.3, -0.25) is 10.1 Å². The van der Waals surface area contributed by atoms with Crippen molar-refractivity contribution in [2.75, 3.05) is 24.9 Å². The fraction of sp³-hybridized carbons (Fsp3) is 0.292. The van der Waals surface area contributed by atoms with Crippen molar-refractivity contribution in [2.24, 2.45) is 0 Å². The van der Waals surface area contributed by atoms with Gasteiger partial charge in [0.15, 0.2) is 11.5 Å². The van der Waals surface area contributed by atoms with E-state index in [9.17, 15) is 9.59 Å². The summed E-state index contributed by atoms with van der Waals surface area (Å²) in [6, 6.07) is 13.8. The third-order valence-corrected chi connectivity index (χ3v) is 4.56. The Morgan fingerprint density at radius 3 is 2.33 bits per heavy atom. The van der Waals surface area contributed by atoms with Gasteiger partial charge in [-0.1, -0.05) is 12.1 Å². The highest BCUT2D eigenvalue weighted by Crippen LogP contribution is 2.31. The van der Waals surface area contributed by atoms with Gasteiger partial charge in [-0.15, -0.1) is 0 Å². The van der Waals surface area contributed by atoms with E-state index in [-0.39, 0.29) is 5.91 Å². The first-order valence-electron chi connectivity index (χ1n) is 10.3. The lowest BCUT2D eigenvalue weighted by Crippen LogP contribution is -2.27. The first kappa shape index (κ1) is 23.6. The van der Waals surface area contributed by atoms with E-state index in [0.29, 0.717) is 35.1 Å². The maximum Gasteiger partial charge on any atom is 0.412 e. The number of amides is 2. The Bertz CT molecular complexity index is 1120. The molecule has 2 N–H and O–H groups in total. The van der Waals surface area contributed by atoms with Crippen LogP contribution in [0.2, 0.25) is 0 Å². The van der Waals surface area contributed by atoms with E-state index in [1.54, 1.807) is 76.2 Å². The van der Waals surface area contributed by atoms with Crippen LogP contribution in [0.1, 0.15) is 36.7 Å². The van der Waals surface area contributed by atoms with E-state index < -0.39 is 11.7 Å². The molecule has 0 radical (unpaired) electrons. The van der Waals surface area contributed by atoms with Crippen molar-refractivity contribution in [3.8, 4) is 11.5 Å². The van der Waals surface area contributed by atoms with Gasteiger partial charge in [0.1, 0.15) is 11.4 Å². The van der Waals surface area contributed by atoms with E-state index in [1.807, 2.05) is 18.2 Å². The lowest BCUT2D eigenvalue weighted by Gasteiger charge is -2.19. The van der Waals surface area contributed by atoms with Crippen LogP contribution in [-0.2, 0) is 11.3 Å². The number of para-hydroxylation sites is 1. The fourth-order valence-electron chi connectivity index (χ4n) is 3.12. The number of hydrogen-bond acceptors (Lipinski definition) is 6. The highest BCUT2D eigenvalue weighted by Gasteiger charge is 2.17.